The van der Waals surface area contributed by atoms with E-state index in [1.807, 2.05) is 35.7 Å². The maximum absolute atomic E-state index is 6.19. The number of halogens is 2. The summed E-state index contributed by atoms with van der Waals surface area (Å²) in [6, 6.07) is 12.7. The Morgan fingerprint density at radius 1 is 0.611 bits per heavy atom. The fourth-order valence-electron chi connectivity index (χ4n) is 4.36. The van der Waals surface area contributed by atoms with Gasteiger partial charge >= 0.3 is 0 Å². The summed E-state index contributed by atoms with van der Waals surface area (Å²) in [5.41, 5.74) is 14.9. The monoisotopic (exact) mass is 578 g/mol. The zero-order valence-corrected chi connectivity index (χ0v) is 24.7. The molecule has 0 unspecified atom stereocenters. The molecule has 0 radical (unpaired) electrons. The largest absolute Gasteiger partial charge is 0.493 e. The molecule has 0 spiro atoms. The van der Waals surface area contributed by atoms with Crippen LogP contribution in [0, 0.1) is 0 Å². The van der Waals surface area contributed by atoms with E-state index in [2.05, 4.69) is 24.3 Å². The fraction of sp³-hybridized carbons (Fsp3) is 0.538. The van der Waals surface area contributed by atoms with Crippen LogP contribution in [0.25, 0.3) is 0 Å². The number of rotatable bonds is 6. The molecule has 2 heterocycles. The highest BCUT2D eigenvalue weighted by Crippen LogP contribution is 2.37. The van der Waals surface area contributed by atoms with E-state index in [1.54, 1.807) is 28.4 Å². The standard InChI is InChI=1S/2C13H19NO2S.2ClH/c2*1-15-12-4-3-9(7-13(12)16-2)10-8-17-6-5-11(10)14;;/h2*3-4,7,10-11H,5-6,8,14H2,1-2H3;2*1H/t2*10-,11-;;/m11../s1. The van der Waals surface area contributed by atoms with Crippen LogP contribution in [0.5, 0.6) is 23.0 Å². The summed E-state index contributed by atoms with van der Waals surface area (Å²) in [4.78, 5) is 0. The summed E-state index contributed by atoms with van der Waals surface area (Å²) in [5.74, 6) is 8.49. The van der Waals surface area contributed by atoms with Crippen LogP contribution in [0.4, 0.5) is 0 Å². The van der Waals surface area contributed by atoms with Gasteiger partial charge in [0, 0.05) is 35.4 Å². The Hall–Kier alpha value is -1.16. The molecule has 36 heavy (non-hydrogen) atoms. The minimum absolute atomic E-state index is 0. The summed E-state index contributed by atoms with van der Waals surface area (Å²) in [7, 11) is 6.63. The smallest absolute Gasteiger partial charge is 0.160 e. The summed E-state index contributed by atoms with van der Waals surface area (Å²) in [5, 5.41) is 0. The van der Waals surface area contributed by atoms with Gasteiger partial charge in [-0.3, -0.25) is 0 Å². The lowest BCUT2D eigenvalue weighted by atomic mass is 9.91. The lowest BCUT2D eigenvalue weighted by Crippen LogP contribution is -2.33. The van der Waals surface area contributed by atoms with E-state index in [0.29, 0.717) is 11.8 Å². The van der Waals surface area contributed by atoms with Gasteiger partial charge in [0.1, 0.15) is 0 Å². The lowest BCUT2D eigenvalue weighted by molar-refractivity contribution is 0.354. The van der Waals surface area contributed by atoms with Crippen molar-refractivity contribution in [1.82, 2.24) is 0 Å². The second-order valence-corrected chi connectivity index (χ2v) is 10.8. The van der Waals surface area contributed by atoms with Crippen molar-refractivity contribution >= 4 is 48.3 Å². The van der Waals surface area contributed by atoms with Crippen molar-refractivity contribution < 1.29 is 18.9 Å². The van der Waals surface area contributed by atoms with Crippen LogP contribution >= 0.6 is 48.3 Å². The maximum Gasteiger partial charge on any atom is 0.160 e. The summed E-state index contributed by atoms with van der Waals surface area (Å²) in [6.07, 6.45) is 2.17. The van der Waals surface area contributed by atoms with E-state index in [4.69, 9.17) is 30.4 Å². The molecule has 4 atom stereocenters. The zero-order valence-electron chi connectivity index (χ0n) is 21.4. The van der Waals surface area contributed by atoms with Gasteiger partial charge in [-0.1, -0.05) is 12.1 Å². The van der Waals surface area contributed by atoms with E-state index < -0.39 is 0 Å². The average Bonchev–Trinajstić information content (AvgIpc) is 2.88. The van der Waals surface area contributed by atoms with Gasteiger partial charge in [-0.15, -0.1) is 24.8 Å². The van der Waals surface area contributed by atoms with E-state index in [-0.39, 0.29) is 36.9 Å². The van der Waals surface area contributed by atoms with Crippen molar-refractivity contribution in [3.8, 4) is 23.0 Å². The summed E-state index contributed by atoms with van der Waals surface area (Å²) in [6.45, 7) is 0. The third-order valence-electron chi connectivity index (χ3n) is 6.49. The van der Waals surface area contributed by atoms with Crippen molar-refractivity contribution in [3.63, 3.8) is 0 Å². The lowest BCUT2D eigenvalue weighted by Gasteiger charge is -2.28. The Morgan fingerprint density at radius 3 is 1.28 bits per heavy atom. The number of thioether (sulfide) groups is 2. The fourth-order valence-corrected chi connectivity index (χ4v) is 6.96. The highest BCUT2D eigenvalue weighted by Gasteiger charge is 2.25. The molecule has 2 aliphatic rings. The van der Waals surface area contributed by atoms with Gasteiger partial charge in [0.05, 0.1) is 28.4 Å². The van der Waals surface area contributed by atoms with Crippen molar-refractivity contribution in [1.29, 1.82) is 0 Å². The molecule has 2 aromatic carbocycles. The summed E-state index contributed by atoms with van der Waals surface area (Å²) >= 11 is 3.95. The van der Waals surface area contributed by atoms with Gasteiger partial charge in [0.25, 0.3) is 0 Å². The van der Waals surface area contributed by atoms with Crippen molar-refractivity contribution in [3.05, 3.63) is 47.5 Å². The third kappa shape index (κ3) is 8.43. The topological polar surface area (TPSA) is 89.0 Å². The quantitative estimate of drug-likeness (QED) is 0.474. The van der Waals surface area contributed by atoms with Crippen LogP contribution < -0.4 is 30.4 Å². The molecule has 2 aromatic rings. The first kappa shape index (κ1) is 32.9. The SMILES string of the molecule is COc1ccc([C@H]2CSCC[C@H]2N)cc1OC.COc1ccc([C@H]2CSCC[C@H]2N)cc1OC.Cl.Cl. The third-order valence-corrected chi connectivity index (χ3v) is 8.73. The highest BCUT2D eigenvalue weighted by molar-refractivity contribution is 7.99. The van der Waals surface area contributed by atoms with Crippen LogP contribution in [0.3, 0.4) is 0 Å². The van der Waals surface area contributed by atoms with Crippen molar-refractivity contribution in [2.24, 2.45) is 11.5 Å². The second-order valence-electron chi connectivity index (χ2n) is 8.50. The van der Waals surface area contributed by atoms with Crippen LogP contribution in [0.2, 0.25) is 0 Å². The number of benzene rings is 2. The zero-order chi connectivity index (χ0) is 24.5. The molecule has 2 saturated heterocycles. The minimum Gasteiger partial charge on any atom is -0.493 e. The molecule has 2 aliphatic heterocycles. The minimum atomic E-state index is 0. The number of ether oxygens (including phenoxy) is 4. The predicted octanol–water partition coefficient (Wildman–Crippen LogP) is 5.35. The molecule has 0 amide bonds. The molecule has 10 heteroatoms. The van der Waals surface area contributed by atoms with E-state index in [0.717, 1.165) is 47.3 Å². The Balaban J connectivity index is 0.000000341. The maximum atomic E-state index is 6.19. The molecule has 0 saturated carbocycles. The first-order valence-electron chi connectivity index (χ1n) is 11.6. The van der Waals surface area contributed by atoms with Crippen LogP contribution in [0.1, 0.15) is 35.8 Å². The average molecular weight is 580 g/mol. The number of methoxy groups -OCH3 is 4. The first-order valence-corrected chi connectivity index (χ1v) is 13.9. The molecule has 0 aromatic heterocycles. The van der Waals surface area contributed by atoms with E-state index >= 15 is 0 Å². The molecular formula is C26H40Cl2N2O4S2. The van der Waals surface area contributed by atoms with E-state index in [1.165, 1.54) is 22.6 Å². The normalized spacial score (nSPS) is 23.1. The van der Waals surface area contributed by atoms with Crippen LogP contribution in [-0.2, 0) is 0 Å². The second kappa shape index (κ2) is 16.6. The predicted molar refractivity (Wildman–Crippen MR) is 159 cm³/mol. The highest BCUT2D eigenvalue weighted by atomic mass is 35.5. The molecule has 204 valence electrons. The van der Waals surface area contributed by atoms with Gasteiger partial charge in [-0.05, 0) is 59.7 Å². The Bertz CT molecular complexity index is 852. The van der Waals surface area contributed by atoms with Gasteiger partial charge in [-0.25, -0.2) is 0 Å². The van der Waals surface area contributed by atoms with Crippen LogP contribution in [0.15, 0.2) is 36.4 Å². The molecule has 2 fully saturated rings. The molecule has 4 N–H and O–H groups in total. The molecule has 0 aliphatic carbocycles. The van der Waals surface area contributed by atoms with Gasteiger partial charge < -0.3 is 30.4 Å². The van der Waals surface area contributed by atoms with Gasteiger partial charge in [0.15, 0.2) is 23.0 Å². The Labute approximate surface area is 236 Å². The Morgan fingerprint density at radius 2 is 0.972 bits per heavy atom. The number of hydrogen-bond donors (Lipinski definition) is 2. The first-order chi connectivity index (χ1) is 16.5. The molecular weight excluding hydrogens is 539 g/mol. The molecule has 4 rings (SSSR count). The van der Waals surface area contributed by atoms with E-state index in [9.17, 15) is 0 Å². The van der Waals surface area contributed by atoms with Gasteiger partial charge in [-0.2, -0.15) is 23.5 Å². The van der Waals surface area contributed by atoms with Gasteiger partial charge in [0.2, 0.25) is 0 Å². The Kier molecular flexibility index (Phi) is 15.2. The van der Waals surface area contributed by atoms with Crippen molar-refractivity contribution in [2.45, 2.75) is 36.8 Å². The summed E-state index contributed by atoms with van der Waals surface area (Å²) < 4.78 is 21.1. The van der Waals surface area contributed by atoms with Crippen LogP contribution in [-0.4, -0.2) is 63.5 Å². The van der Waals surface area contributed by atoms with Crippen molar-refractivity contribution in [2.75, 3.05) is 51.5 Å². The number of hydrogen-bond acceptors (Lipinski definition) is 8. The number of nitrogens with two attached hydrogens (primary N) is 2. The molecule has 6 nitrogen and oxygen atoms in total. The molecule has 0 bridgehead atoms.